The number of morpholine rings is 1. The Bertz CT molecular complexity index is 1930. The SMILES string of the molecule is COc1ccc(C(OC[C@H]2O[C@@H](n3cc(C)c(=O)[nH]c3=O)C[C@@H]2OP(OCCCN2CCOCC2)N(C(C)C)C(C)C)(c2ccccc2)c2ccc(OC)cc2)cc1. The standard InChI is InChI=1S/C44H59N4O9P/c1-31(2)48(32(3)4)58(55-25-11-22-46-23-26-53-27-24-46)57-39-28-41(47-29-33(5)42(49)45-43(47)50)56-40(39)30-54-44(34-12-9-8-10-13-34,35-14-18-37(51-6)19-15-35)36-16-20-38(52-7)21-17-36/h8-10,12-21,29,31-32,39-41H,11,22-28,30H2,1-7H3,(H,45,49,50)/t39-,40+,41+,58?/m0/s1. The number of methoxy groups -OCH3 is 2. The number of benzene rings is 3. The zero-order valence-electron chi connectivity index (χ0n) is 34.8. The van der Waals surface area contributed by atoms with Crippen LogP contribution in [0.3, 0.4) is 0 Å². The van der Waals surface area contributed by atoms with Crippen molar-refractivity contribution in [3.63, 3.8) is 0 Å². The lowest BCUT2D eigenvalue weighted by atomic mass is 9.80. The van der Waals surface area contributed by atoms with E-state index in [1.54, 1.807) is 27.3 Å². The molecule has 6 rings (SSSR count). The molecule has 0 saturated carbocycles. The highest BCUT2D eigenvalue weighted by atomic mass is 31.2. The summed E-state index contributed by atoms with van der Waals surface area (Å²) in [6, 6.07) is 26.1. The van der Waals surface area contributed by atoms with Crippen molar-refractivity contribution >= 4 is 8.53 Å². The molecule has 3 heterocycles. The van der Waals surface area contributed by atoms with Crippen LogP contribution in [-0.4, -0.2) is 104 Å². The van der Waals surface area contributed by atoms with Crippen molar-refractivity contribution in [1.82, 2.24) is 19.1 Å². The van der Waals surface area contributed by atoms with Gasteiger partial charge in [-0.25, -0.2) is 9.46 Å². The van der Waals surface area contributed by atoms with Crippen LogP contribution in [0.25, 0.3) is 0 Å². The molecule has 3 aromatic carbocycles. The normalized spacial score (nSPS) is 19.6. The van der Waals surface area contributed by atoms with Crippen molar-refractivity contribution in [2.75, 3.05) is 60.3 Å². The Balaban J connectivity index is 1.37. The predicted molar refractivity (Wildman–Crippen MR) is 225 cm³/mol. The van der Waals surface area contributed by atoms with E-state index in [-0.39, 0.29) is 18.7 Å². The Morgan fingerprint density at radius 3 is 2.02 bits per heavy atom. The van der Waals surface area contributed by atoms with Gasteiger partial charge in [-0.05, 0) is 82.0 Å². The van der Waals surface area contributed by atoms with E-state index in [4.69, 9.17) is 32.7 Å². The summed E-state index contributed by atoms with van der Waals surface area (Å²) in [6.07, 6.45) is 0.788. The monoisotopic (exact) mass is 818 g/mol. The summed E-state index contributed by atoms with van der Waals surface area (Å²) >= 11 is 0. The summed E-state index contributed by atoms with van der Waals surface area (Å²) in [4.78, 5) is 30.5. The molecule has 0 spiro atoms. The molecule has 58 heavy (non-hydrogen) atoms. The third-order valence-corrected chi connectivity index (χ3v) is 12.8. The van der Waals surface area contributed by atoms with E-state index in [2.05, 4.69) is 54.4 Å². The maximum atomic E-state index is 13.3. The van der Waals surface area contributed by atoms with Gasteiger partial charge in [0.2, 0.25) is 0 Å². The molecule has 0 aliphatic carbocycles. The van der Waals surface area contributed by atoms with E-state index in [1.807, 2.05) is 66.7 Å². The number of aromatic nitrogens is 2. The Morgan fingerprint density at radius 1 is 0.862 bits per heavy atom. The first-order valence-corrected chi connectivity index (χ1v) is 21.3. The van der Waals surface area contributed by atoms with Gasteiger partial charge >= 0.3 is 5.69 Å². The number of hydrogen-bond acceptors (Lipinski definition) is 11. The molecular weight excluding hydrogens is 759 g/mol. The second kappa shape index (κ2) is 20.4. The lowest BCUT2D eigenvalue weighted by Crippen LogP contribution is -2.40. The maximum Gasteiger partial charge on any atom is 0.330 e. The highest BCUT2D eigenvalue weighted by molar-refractivity contribution is 7.44. The smallest absolute Gasteiger partial charge is 0.330 e. The second-order valence-electron chi connectivity index (χ2n) is 15.2. The van der Waals surface area contributed by atoms with Gasteiger partial charge in [-0.15, -0.1) is 0 Å². The fourth-order valence-corrected chi connectivity index (χ4v) is 9.51. The first kappa shape index (κ1) is 43.7. The highest BCUT2D eigenvalue weighted by Gasteiger charge is 2.45. The van der Waals surface area contributed by atoms with Crippen molar-refractivity contribution in [3.05, 3.63) is 128 Å². The Kier molecular flexibility index (Phi) is 15.3. The van der Waals surface area contributed by atoms with Crippen molar-refractivity contribution in [2.24, 2.45) is 0 Å². The van der Waals surface area contributed by atoms with Crippen LogP contribution in [0.2, 0.25) is 0 Å². The van der Waals surface area contributed by atoms with Crippen molar-refractivity contribution in [1.29, 1.82) is 0 Å². The molecule has 2 fully saturated rings. The number of aromatic amines is 1. The van der Waals surface area contributed by atoms with Crippen LogP contribution in [0.1, 0.15) is 69.0 Å². The third kappa shape index (κ3) is 10.3. The Labute approximate surface area is 343 Å². The maximum absolute atomic E-state index is 13.3. The molecular formula is C44H59N4O9P. The van der Waals surface area contributed by atoms with E-state index in [1.165, 1.54) is 4.57 Å². The van der Waals surface area contributed by atoms with Crippen molar-refractivity contribution in [3.8, 4) is 11.5 Å². The quantitative estimate of drug-likeness (QED) is 0.0623. The average Bonchev–Trinajstić information content (AvgIpc) is 3.63. The fraction of sp³-hybridized carbons (Fsp3) is 0.500. The van der Waals surface area contributed by atoms with Gasteiger partial charge in [-0.1, -0.05) is 54.6 Å². The Morgan fingerprint density at radius 2 is 1.45 bits per heavy atom. The molecule has 0 amide bonds. The van der Waals surface area contributed by atoms with Gasteiger partial charge in [-0.2, -0.15) is 0 Å². The minimum absolute atomic E-state index is 0.0781. The highest BCUT2D eigenvalue weighted by Crippen LogP contribution is 2.50. The third-order valence-electron chi connectivity index (χ3n) is 10.7. The van der Waals surface area contributed by atoms with Crippen LogP contribution >= 0.6 is 8.53 Å². The van der Waals surface area contributed by atoms with E-state index < -0.39 is 43.8 Å². The number of ether oxygens (including phenoxy) is 5. The van der Waals surface area contributed by atoms with Crippen molar-refractivity contribution in [2.45, 2.75) is 83.6 Å². The number of hydrogen-bond donors (Lipinski definition) is 1. The summed E-state index contributed by atoms with van der Waals surface area (Å²) in [7, 11) is 1.71. The van der Waals surface area contributed by atoms with E-state index in [0.29, 0.717) is 18.6 Å². The molecule has 2 aliphatic heterocycles. The predicted octanol–water partition coefficient (Wildman–Crippen LogP) is 6.63. The Hall–Kier alpha value is -3.91. The van der Waals surface area contributed by atoms with Gasteiger partial charge in [0.25, 0.3) is 14.1 Å². The van der Waals surface area contributed by atoms with Gasteiger partial charge in [0.15, 0.2) is 0 Å². The summed E-state index contributed by atoms with van der Waals surface area (Å²) in [5.74, 6) is 1.44. The van der Waals surface area contributed by atoms with Crippen LogP contribution < -0.4 is 20.7 Å². The topological polar surface area (TPSA) is 126 Å². The van der Waals surface area contributed by atoms with Crippen molar-refractivity contribution < 1.29 is 32.7 Å². The number of H-pyrrole nitrogens is 1. The van der Waals surface area contributed by atoms with Gasteiger partial charge in [0.05, 0.1) is 46.8 Å². The molecule has 13 nitrogen and oxygen atoms in total. The lowest BCUT2D eigenvalue weighted by Gasteiger charge is -2.39. The van der Waals surface area contributed by atoms with Gasteiger partial charge in [0.1, 0.15) is 29.4 Å². The van der Waals surface area contributed by atoms with E-state index in [9.17, 15) is 9.59 Å². The summed E-state index contributed by atoms with van der Waals surface area (Å²) in [6.45, 7) is 15.1. The van der Waals surface area contributed by atoms with Crippen LogP contribution in [0.15, 0.2) is 94.6 Å². The molecule has 4 atom stereocenters. The summed E-state index contributed by atoms with van der Waals surface area (Å²) in [5.41, 5.74) is 0.961. The summed E-state index contributed by atoms with van der Waals surface area (Å²) in [5, 5.41) is 0. The zero-order valence-corrected chi connectivity index (χ0v) is 35.7. The van der Waals surface area contributed by atoms with Gasteiger partial charge in [0, 0.05) is 49.9 Å². The van der Waals surface area contributed by atoms with Crippen LogP contribution in [-0.2, 0) is 28.9 Å². The largest absolute Gasteiger partial charge is 0.497 e. The fourth-order valence-electron chi connectivity index (χ4n) is 7.71. The average molecular weight is 819 g/mol. The lowest BCUT2D eigenvalue weighted by molar-refractivity contribution is -0.0926. The number of nitrogens with one attached hydrogen (secondary N) is 1. The summed E-state index contributed by atoms with van der Waals surface area (Å²) < 4.78 is 48.3. The van der Waals surface area contributed by atoms with E-state index in [0.717, 1.165) is 67.5 Å². The number of rotatable bonds is 19. The van der Waals surface area contributed by atoms with Gasteiger partial charge < -0.3 is 32.7 Å². The molecule has 4 aromatic rings. The molecule has 14 heteroatoms. The second-order valence-corrected chi connectivity index (χ2v) is 16.7. The molecule has 0 radical (unpaired) electrons. The molecule has 1 unspecified atom stereocenters. The molecule has 0 bridgehead atoms. The molecule has 1 aromatic heterocycles. The van der Waals surface area contributed by atoms with Crippen LogP contribution in [0.5, 0.6) is 11.5 Å². The first-order valence-electron chi connectivity index (χ1n) is 20.2. The molecule has 1 N–H and O–H groups in total. The molecule has 2 saturated heterocycles. The number of nitrogens with zero attached hydrogens (tertiary/aromatic N) is 3. The minimum atomic E-state index is -1.58. The van der Waals surface area contributed by atoms with Crippen LogP contribution in [0.4, 0.5) is 0 Å². The van der Waals surface area contributed by atoms with E-state index >= 15 is 0 Å². The molecule has 2 aliphatic rings. The molecule has 314 valence electrons. The number of aryl methyl sites for hydroxylation is 1. The minimum Gasteiger partial charge on any atom is -0.497 e. The van der Waals surface area contributed by atoms with Gasteiger partial charge in [-0.3, -0.25) is 19.2 Å². The van der Waals surface area contributed by atoms with Crippen LogP contribution in [0, 0.1) is 6.92 Å². The zero-order chi connectivity index (χ0) is 41.2. The first-order chi connectivity index (χ1) is 28.0.